The lowest BCUT2D eigenvalue weighted by Crippen LogP contribution is -2.42. The smallest absolute Gasteiger partial charge is 0.253 e. The average molecular weight is 485 g/mol. The summed E-state index contributed by atoms with van der Waals surface area (Å²) in [4.78, 5) is 33.4. The summed E-state index contributed by atoms with van der Waals surface area (Å²) in [5.41, 5.74) is 1.73. The number of benzene rings is 1. The van der Waals surface area contributed by atoms with Gasteiger partial charge in [0.2, 0.25) is 5.91 Å². The number of furan rings is 1. The Hall–Kier alpha value is -4.07. The molecule has 0 atom stereocenters. The molecule has 2 amide bonds. The fraction of sp³-hybridized carbons (Fsp3) is 0.321. The third-order valence-electron chi connectivity index (χ3n) is 7.05. The molecule has 0 aliphatic carbocycles. The molecule has 3 aromatic heterocycles. The van der Waals surface area contributed by atoms with Crippen LogP contribution in [0.4, 0.5) is 0 Å². The van der Waals surface area contributed by atoms with Gasteiger partial charge in [-0.3, -0.25) is 9.59 Å². The number of nitrogens with zero attached hydrogens (tertiary/aromatic N) is 4. The number of rotatable bonds is 6. The molecule has 8 heteroatoms. The molecule has 0 bridgehead atoms. The van der Waals surface area contributed by atoms with Gasteiger partial charge in [0.15, 0.2) is 0 Å². The third-order valence-corrected chi connectivity index (χ3v) is 7.05. The number of carbonyl (C=O) groups is 2. The molecular formula is C28H28N4O4. The van der Waals surface area contributed by atoms with Gasteiger partial charge < -0.3 is 23.5 Å². The van der Waals surface area contributed by atoms with Crippen LogP contribution in [0.5, 0.6) is 5.75 Å². The molecular weight excluding hydrogens is 456 g/mol. The first-order valence-corrected chi connectivity index (χ1v) is 12.5. The van der Waals surface area contributed by atoms with Crippen LogP contribution < -0.4 is 4.74 Å². The highest BCUT2D eigenvalue weighted by atomic mass is 16.5. The Balaban J connectivity index is 1.07. The molecule has 2 aliphatic heterocycles. The van der Waals surface area contributed by atoms with Crippen molar-refractivity contribution in [3.05, 3.63) is 78.5 Å². The molecule has 0 radical (unpaired) electrons. The maximum Gasteiger partial charge on any atom is 0.253 e. The highest BCUT2D eigenvalue weighted by Crippen LogP contribution is 2.25. The topological polar surface area (TPSA) is 80.8 Å². The molecule has 6 rings (SSSR count). The number of likely N-dealkylation sites (tertiary alicyclic amines) is 2. The molecule has 8 nitrogen and oxygen atoms in total. The van der Waals surface area contributed by atoms with Crippen molar-refractivity contribution in [3.63, 3.8) is 0 Å². The molecule has 0 N–H and O–H groups in total. The summed E-state index contributed by atoms with van der Waals surface area (Å²) in [6.45, 7) is 3.04. The van der Waals surface area contributed by atoms with E-state index in [0.29, 0.717) is 25.3 Å². The average Bonchev–Trinajstić information content (AvgIpc) is 3.53. The number of amides is 2. The first-order chi connectivity index (χ1) is 17.6. The summed E-state index contributed by atoms with van der Waals surface area (Å²) >= 11 is 0. The van der Waals surface area contributed by atoms with Gasteiger partial charge in [-0.1, -0.05) is 0 Å². The summed E-state index contributed by atoms with van der Waals surface area (Å²) in [5, 5.41) is 1.01. The zero-order valence-electron chi connectivity index (χ0n) is 20.0. The number of pyridine rings is 1. The van der Waals surface area contributed by atoms with Crippen LogP contribution in [0.15, 0.2) is 71.6 Å². The number of ether oxygens (including phenoxy) is 1. The molecule has 184 valence electrons. The molecule has 36 heavy (non-hydrogen) atoms. The van der Waals surface area contributed by atoms with Crippen LogP contribution in [0.2, 0.25) is 0 Å². The largest absolute Gasteiger partial charge is 0.489 e. The van der Waals surface area contributed by atoms with Crippen molar-refractivity contribution in [2.75, 3.05) is 26.2 Å². The maximum absolute atomic E-state index is 12.5. The summed E-state index contributed by atoms with van der Waals surface area (Å²) in [6.07, 6.45) is 8.32. The van der Waals surface area contributed by atoms with Crippen LogP contribution in [-0.4, -0.2) is 63.4 Å². The van der Waals surface area contributed by atoms with E-state index in [9.17, 15) is 9.59 Å². The van der Waals surface area contributed by atoms with Crippen molar-refractivity contribution < 1.29 is 18.7 Å². The number of carbonyl (C=O) groups excluding carboxylic acids is 2. The van der Waals surface area contributed by atoms with E-state index < -0.39 is 0 Å². The molecule has 0 saturated carbocycles. The predicted molar refractivity (Wildman–Crippen MR) is 134 cm³/mol. The lowest BCUT2D eigenvalue weighted by molar-refractivity contribution is -0.132. The van der Waals surface area contributed by atoms with Gasteiger partial charge in [0.05, 0.1) is 24.4 Å². The normalized spacial score (nSPS) is 16.2. The Morgan fingerprint density at radius 2 is 1.86 bits per heavy atom. The standard InChI is InChI=1S/C28H28N4O4/c33-27(18-23-3-1-16-35-23)30-13-9-22(10-14-30)36-24-5-7-26(29-19-24)32-15-8-20-17-21(4-6-25(20)32)28(34)31-11-2-12-31/h1,3-8,15-17,19,22H,2,9-14,18H2. The fourth-order valence-corrected chi connectivity index (χ4v) is 4.85. The molecule has 4 aromatic rings. The fourth-order valence-electron chi connectivity index (χ4n) is 4.85. The van der Waals surface area contributed by atoms with Crippen LogP contribution in [0.25, 0.3) is 16.7 Å². The molecule has 0 spiro atoms. The van der Waals surface area contributed by atoms with Gasteiger partial charge >= 0.3 is 0 Å². The Morgan fingerprint density at radius 1 is 1.00 bits per heavy atom. The number of aromatic nitrogens is 2. The van der Waals surface area contributed by atoms with Gasteiger partial charge in [-0.2, -0.15) is 0 Å². The number of fused-ring (bicyclic) bond motifs is 1. The second-order valence-electron chi connectivity index (χ2n) is 9.41. The van der Waals surface area contributed by atoms with E-state index in [1.54, 1.807) is 18.5 Å². The maximum atomic E-state index is 12.5. The first-order valence-electron chi connectivity index (χ1n) is 12.5. The van der Waals surface area contributed by atoms with Crippen molar-refractivity contribution in [2.24, 2.45) is 0 Å². The van der Waals surface area contributed by atoms with Crippen LogP contribution in [0.3, 0.4) is 0 Å². The van der Waals surface area contributed by atoms with E-state index in [4.69, 9.17) is 9.15 Å². The van der Waals surface area contributed by atoms with Crippen molar-refractivity contribution in [3.8, 4) is 11.6 Å². The highest BCUT2D eigenvalue weighted by molar-refractivity contribution is 5.98. The van der Waals surface area contributed by atoms with E-state index >= 15 is 0 Å². The lowest BCUT2D eigenvalue weighted by atomic mass is 10.1. The summed E-state index contributed by atoms with van der Waals surface area (Å²) in [7, 11) is 0. The van der Waals surface area contributed by atoms with Gasteiger partial charge in [-0.25, -0.2) is 4.98 Å². The Labute approximate surface area is 209 Å². The van der Waals surface area contributed by atoms with Crippen LogP contribution in [0, 0.1) is 0 Å². The van der Waals surface area contributed by atoms with Gasteiger partial charge in [-0.15, -0.1) is 0 Å². The van der Waals surface area contributed by atoms with Gasteiger partial charge in [0, 0.05) is 56.2 Å². The second-order valence-corrected chi connectivity index (χ2v) is 9.41. The number of hydrogen-bond acceptors (Lipinski definition) is 5. The summed E-state index contributed by atoms with van der Waals surface area (Å²) < 4.78 is 13.5. The Morgan fingerprint density at radius 3 is 2.56 bits per heavy atom. The molecule has 0 unspecified atom stereocenters. The summed E-state index contributed by atoms with van der Waals surface area (Å²) in [6, 6.07) is 15.3. The highest BCUT2D eigenvalue weighted by Gasteiger charge is 2.25. The zero-order valence-corrected chi connectivity index (χ0v) is 20.0. The zero-order chi connectivity index (χ0) is 24.5. The minimum atomic E-state index is 0.0556. The van der Waals surface area contributed by atoms with E-state index in [2.05, 4.69) is 4.98 Å². The minimum absolute atomic E-state index is 0.0556. The first kappa shape index (κ1) is 22.4. The van der Waals surface area contributed by atoms with E-state index in [-0.39, 0.29) is 17.9 Å². The van der Waals surface area contributed by atoms with Gasteiger partial charge in [0.25, 0.3) is 5.91 Å². The van der Waals surface area contributed by atoms with E-state index in [1.807, 2.05) is 63.0 Å². The Kier molecular flexibility index (Phi) is 5.93. The Bertz CT molecular complexity index is 1360. The SMILES string of the molecule is O=C(Cc1ccco1)N1CCC(Oc2ccc(-n3ccc4cc(C(=O)N5CCC5)ccc43)nc2)CC1. The lowest BCUT2D eigenvalue weighted by Gasteiger charge is -2.32. The van der Waals surface area contributed by atoms with E-state index in [0.717, 1.165) is 60.4 Å². The quantitative estimate of drug-likeness (QED) is 0.412. The summed E-state index contributed by atoms with van der Waals surface area (Å²) in [5.74, 6) is 2.39. The van der Waals surface area contributed by atoms with Gasteiger partial charge in [0.1, 0.15) is 23.4 Å². The van der Waals surface area contributed by atoms with Crippen LogP contribution >= 0.6 is 0 Å². The third kappa shape index (κ3) is 4.46. The molecule has 2 aliphatic rings. The predicted octanol–water partition coefficient (Wildman–Crippen LogP) is 4.08. The number of piperidine rings is 1. The number of hydrogen-bond donors (Lipinski definition) is 0. The van der Waals surface area contributed by atoms with Crippen molar-refractivity contribution in [1.29, 1.82) is 0 Å². The molecule has 1 aromatic carbocycles. The second kappa shape index (κ2) is 9.53. The monoisotopic (exact) mass is 484 g/mol. The minimum Gasteiger partial charge on any atom is -0.489 e. The van der Waals surface area contributed by atoms with Crippen molar-refractivity contribution >= 4 is 22.7 Å². The van der Waals surface area contributed by atoms with Crippen molar-refractivity contribution in [1.82, 2.24) is 19.4 Å². The van der Waals surface area contributed by atoms with Crippen LogP contribution in [-0.2, 0) is 11.2 Å². The van der Waals surface area contributed by atoms with Crippen molar-refractivity contribution in [2.45, 2.75) is 31.8 Å². The van der Waals surface area contributed by atoms with E-state index in [1.165, 1.54) is 0 Å². The van der Waals surface area contributed by atoms with Gasteiger partial charge in [-0.05, 0) is 55.0 Å². The molecule has 2 saturated heterocycles. The molecule has 5 heterocycles. The molecule has 2 fully saturated rings. The van der Waals surface area contributed by atoms with Crippen LogP contribution in [0.1, 0.15) is 35.4 Å².